The van der Waals surface area contributed by atoms with Crippen LogP contribution in [0.4, 0.5) is 5.13 Å². The number of nitrogens with zero attached hydrogens (tertiary/aromatic N) is 1. The van der Waals surface area contributed by atoms with E-state index >= 15 is 0 Å². The highest BCUT2D eigenvalue weighted by Crippen LogP contribution is 2.33. The predicted molar refractivity (Wildman–Crippen MR) is 73.3 cm³/mol. The molecule has 2 aromatic rings. The molecule has 5 heteroatoms. The quantitative estimate of drug-likeness (QED) is 0.913. The van der Waals surface area contributed by atoms with E-state index in [-0.39, 0.29) is 0 Å². The summed E-state index contributed by atoms with van der Waals surface area (Å²) < 4.78 is 5.12. The van der Waals surface area contributed by atoms with E-state index in [1.54, 1.807) is 18.4 Å². The maximum Gasteiger partial charge on any atom is 0.183 e. The molecule has 0 radical (unpaired) electrons. The Labute approximate surface area is 109 Å². The largest absolute Gasteiger partial charge is 0.495 e. The number of rotatable bonds is 4. The maximum atomic E-state index is 6.09. The lowest BCUT2D eigenvalue weighted by molar-refractivity contribution is 0.415. The van der Waals surface area contributed by atoms with Gasteiger partial charge in [0.1, 0.15) is 5.75 Å². The topological polar surface area (TPSA) is 34.2 Å². The molecule has 0 spiro atoms. The standard InChI is InChI=1S/C12H13ClN2OS/c1-3-14-12-15-7-11(17-12)8-4-5-10(16-2)9(13)6-8/h4-7H,3H2,1-2H3,(H,14,15). The Hall–Kier alpha value is -1.26. The Morgan fingerprint density at radius 3 is 2.94 bits per heavy atom. The van der Waals surface area contributed by atoms with Gasteiger partial charge in [-0.1, -0.05) is 22.9 Å². The van der Waals surface area contributed by atoms with Crippen LogP contribution in [0.3, 0.4) is 0 Å². The molecule has 0 atom stereocenters. The van der Waals surface area contributed by atoms with Crippen molar-refractivity contribution < 1.29 is 4.74 Å². The number of thiazole rings is 1. The van der Waals surface area contributed by atoms with Gasteiger partial charge in [0.25, 0.3) is 0 Å². The van der Waals surface area contributed by atoms with Gasteiger partial charge in [-0.3, -0.25) is 0 Å². The van der Waals surface area contributed by atoms with Crippen LogP contribution < -0.4 is 10.1 Å². The first kappa shape index (κ1) is 12.2. The molecule has 0 unspecified atom stereocenters. The maximum absolute atomic E-state index is 6.09. The second-order valence-corrected chi connectivity index (χ2v) is 4.85. The van der Waals surface area contributed by atoms with Crippen LogP contribution in [0, 0.1) is 0 Å². The fourth-order valence-electron chi connectivity index (χ4n) is 1.46. The van der Waals surface area contributed by atoms with Crippen LogP contribution in [0.25, 0.3) is 10.4 Å². The van der Waals surface area contributed by atoms with Gasteiger partial charge in [0.05, 0.1) is 17.0 Å². The van der Waals surface area contributed by atoms with Crippen molar-refractivity contribution in [3.8, 4) is 16.2 Å². The number of aromatic nitrogens is 1. The van der Waals surface area contributed by atoms with Gasteiger partial charge in [0.15, 0.2) is 5.13 Å². The van der Waals surface area contributed by atoms with Crippen molar-refractivity contribution in [3.05, 3.63) is 29.4 Å². The lowest BCUT2D eigenvalue weighted by Gasteiger charge is -2.04. The summed E-state index contributed by atoms with van der Waals surface area (Å²) in [6, 6.07) is 5.74. The Kier molecular flexibility index (Phi) is 3.86. The molecule has 1 heterocycles. The predicted octanol–water partition coefficient (Wildman–Crippen LogP) is 3.90. The van der Waals surface area contributed by atoms with Gasteiger partial charge >= 0.3 is 0 Å². The van der Waals surface area contributed by atoms with Gasteiger partial charge in [-0.2, -0.15) is 0 Å². The Morgan fingerprint density at radius 2 is 2.29 bits per heavy atom. The van der Waals surface area contributed by atoms with E-state index < -0.39 is 0 Å². The van der Waals surface area contributed by atoms with E-state index in [0.29, 0.717) is 10.8 Å². The fraction of sp³-hybridized carbons (Fsp3) is 0.250. The smallest absolute Gasteiger partial charge is 0.183 e. The molecular weight excluding hydrogens is 256 g/mol. The molecule has 0 aliphatic heterocycles. The van der Waals surface area contributed by atoms with Crippen molar-refractivity contribution in [1.29, 1.82) is 0 Å². The Balaban J connectivity index is 2.29. The summed E-state index contributed by atoms with van der Waals surface area (Å²) in [5.41, 5.74) is 1.05. The summed E-state index contributed by atoms with van der Waals surface area (Å²) >= 11 is 7.70. The van der Waals surface area contributed by atoms with Gasteiger partial charge in [-0.15, -0.1) is 0 Å². The van der Waals surface area contributed by atoms with E-state index in [1.165, 1.54) is 0 Å². The molecule has 3 nitrogen and oxygen atoms in total. The third kappa shape index (κ3) is 2.70. The summed E-state index contributed by atoms with van der Waals surface area (Å²) in [4.78, 5) is 5.38. The molecule has 2 rings (SSSR count). The molecule has 1 N–H and O–H groups in total. The minimum Gasteiger partial charge on any atom is -0.495 e. The second-order valence-electron chi connectivity index (χ2n) is 3.41. The van der Waals surface area contributed by atoms with Gasteiger partial charge in [-0.25, -0.2) is 4.98 Å². The zero-order valence-electron chi connectivity index (χ0n) is 9.66. The Morgan fingerprint density at radius 1 is 1.47 bits per heavy atom. The van der Waals surface area contributed by atoms with Gasteiger partial charge in [0.2, 0.25) is 0 Å². The first-order valence-electron chi connectivity index (χ1n) is 5.28. The summed E-state index contributed by atoms with van der Waals surface area (Å²) in [7, 11) is 1.61. The van der Waals surface area contributed by atoms with Crippen molar-refractivity contribution >= 4 is 28.1 Å². The Bertz CT molecular complexity index is 513. The van der Waals surface area contributed by atoms with Crippen molar-refractivity contribution in [2.75, 3.05) is 19.0 Å². The van der Waals surface area contributed by atoms with Crippen LogP contribution >= 0.6 is 22.9 Å². The van der Waals surface area contributed by atoms with Crippen molar-refractivity contribution in [3.63, 3.8) is 0 Å². The lowest BCUT2D eigenvalue weighted by atomic mass is 10.2. The van der Waals surface area contributed by atoms with E-state index in [4.69, 9.17) is 16.3 Å². The van der Waals surface area contributed by atoms with Crippen LogP contribution in [0.15, 0.2) is 24.4 Å². The van der Waals surface area contributed by atoms with Crippen LogP contribution in [0.1, 0.15) is 6.92 Å². The summed E-state index contributed by atoms with van der Waals surface area (Å²) in [6.45, 7) is 2.92. The minimum absolute atomic E-state index is 0.614. The van der Waals surface area contributed by atoms with Crippen molar-refractivity contribution in [2.24, 2.45) is 0 Å². The summed E-state index contributed by atoms with van der Waals surface area (Å²) in [5, 5.41) is 4.72. The van der Waals surface area contributed by atoms with Gasteiger partial charge in [-0.05, 0) is 30.7 Å². The molecule has 0 saturated heterocycles. The molecule has 0 saturated carbocycles. The molecular formula is C12H13ClN2OS. The first-order chi connectivity index (χ1) is 8.24. The van der Waals surface area contributed by atoms with E-state index in [2.05, 4.69) is 10.3 Å². The van der Waals surface area contributed by atoms with Crippen LogP contribution in [-0.2, 0) is 0 Å². The molecule has 1 aromatic heterocycles. The molecule has 0 aliphatic carbocycles. The van der Waals surface area contributed by atoms with E-state index in [9.17, 15) is 0 Å². The monoisotopic (exact) mass is 268 g/mol. The third-order valence-corrected chi connectivity index (χ3v) is 3.57. The molecule has 0 fully saturated rings. The first-order valence-corrected chi connectivity index (χ1v) is 6.47. The van der Waals surface area contributed by atoms with Crippen molar-refractivity contribution in [1.82, 2.24) is 4.98 Å². The summed E-state index contributed by atoms with van der Waals surface area (Å²) in [6.07, 6.45) is 1.85. The lowest BCUT2D eigenvalue weighted by Crippen LogP contribution is -1.94. The molecule has 17 heavy (non-hydrogen) atoms. The van der Waals surface area contributed by atoms with Crippen LogP contribution in [0.5, 0.6) is 5.75 Å². The summed E-state index contributed by atoms with van der Waals surface area (Å²) in [5.74, 6) is 0.687. The third-order valence-electron chi connectivity index (χ3n) is 2.27. The molecule has 90 valence electrons. The normalized spacial score (nSPS) is 10.3. The molecule has 0 amide bonds. The SMILES string of the molecule is CCNc1ncc(-c2ccc(OC)c(Cl)c2)s1. The average molecular weight is 269 g/mol. The highest BCUT2D eigenvalue weighted by molar-refractivity contribution is 7.18. The molecule has 0 aliphatic rings. The number of hydrogen-bond donors (Lipinski definition) is 1. The van der Waals surface area contributed by atoms with Crippen LogP contribution in [-0.4, -0.2) is 18.6 Å². The van der Waals surface area contributed by atoms with Gasteiger partial charge in [0, 0.05) is 12.7 Å². The number of anilines is 1. The zero-order chi connectivity index (χ0) is 12.3. The van der Waals surface area contributed by atoms with E-state index in [1.807, 2.05) is 31.3 Å². The number of methoxy groups -OCH3 is 1. The minimum atomic E-state index is 0.614. The number of halogens is 1. The molecule has 0 bridgehead atoms. The number of hydrogen-bond acceptors (Lipinski definition) is 4. The highest BCUT2D eigenvalue weighted by atomic mass is 35.5. The zero-order valence-corrected chi connectivity index (χ0v) is 11.2. The van der Waals surface area contributed by atoms with Crippen molar-refractivity contribution in [2.45, 2.75) is 6.92 Å². The van der Waals surface area contributed by atoms with E-state index in [0.717, 1.165) is 22.1 Å². The highest BCUT2D eigenvalue weighted by Gasteiger charge is 2.07. The second kappa shape index (κ2) is 5.38. The number of nitrogens with one attached hydrogen (secondary N) is 1. The molecule has 1 aromatic carbocycles. The van der Waals surface area contributed by atoms with Gasteiger partial charge < -0.3 is 10.1 Å². The van der Waals surface area contributed by atoms with Crippen LogP contribution in [0.2, 0.25) is 5.02 Å². The fourth-order valence-corrected chi connectivity index (χ4v) is 2.60. The average Bonchev–Trinajstić information content (AvgIpc) is 2.78. The number of benzene rings is 1. The number of ether oxygens (including phenoxy) is 1.